The van der Waals surface area contributed by atoms with E-state index in [0.717, 1.165) is 24.2 Å². The fourth-order valence-electron chi connectivity index (χ4n) is 2.07. The Morgan fingerprint density at radius 1 is 1.14 bits per heavy atom. The molecule has 0 unspecified atom stereocenters. The van der Waals surface area contributed by atoms with E-state index in [9.17, 15) is 5.11 Å². The van der Waals surface area contributed by atoms with Crippen molar-refractivity contribution in [1.82, 2.24) is 15.3 Å². The van der Waals surface area contributed by atoms with Gasteiger partial charge in [0.05, 0.1) is 11.8 Å². The minimum Gasteiger partial charge on any atom is -0.438 e. The molecule has 2 rings (SSSR count). The van der Waals surface area contributed by atoms with Crippen molar-refractivity contribution in [2.24, 2.45) is 0 Å². The zero-order valence-corrected chi connectivity index (χ0v) is 13.1. The molecule has 2 N–H and O–H groups in total. The van der Waals surface area contributed by atoms with Gasteiger partial charge in [-0.15, -0.1) is 0 Å². The molecule has 1 aromatic carbocycles. The zero-order valence-electron chi connectivity index (χ0n) is 13.1. The third kappa shape index (κ3) is 4.79. The standard InChI is InChI=1S/C17H23N3O2/c1-3-17(21,4-2)13-19-11-14-5-7-15(8-6-14)22-16-12-18-9-10-20-16/h5-10,12,19,21H,3-4,11,13H2,1-2H3. The molecule has 0 aliphatic rings. The van der Waals surface area contributed by atoms with Gasteiger partial charge in [0.15, 0.2) is 0 Å². The first kappa shape index (κ1) is 16.4. The summed E-state index contributed by atoms with van der Waals surface area (Å²) in [6, 6.07) is 7.79. The highest BCUT2D eigenvalue weighted by atomic mass is 16.5. The lowest BCUT2D eigenvalue weighted by molar-refractivity contribution is 0.0323. The van der Waals surface area contributed by atoms with E-state index in [1.165, 1.54) is 0 Å². The van der Waals surface area contributed by atoms with Crippen LogP contribution < -0.4 is 10.1 Å². The second kappa shape index (κ2) is 7.87. The molecule has 0 atom stereocenters. The van der Waals surface area contributed by atoms with Crippen LogP contribution in [0.2, 0.25) is 0 Å². The number of ether oxygens (including phenoxy) is 1. The molecular weight excluding hydrogens is 278 g/mol. The number of rotatable bonds is 8. The highest BCUT2D eigenvalue weighted by Gasteiger charge is 2.20. The molecule has 0 saturated heterocycles. The fourth-order valence-corrected chi connectivity index (χ4v) is 2.07. The van der Waals surface area contributed by atoms with Crippen molar-refractivity contribution in [3.63, 3.8) is 0 Å². The minimum atomic E-state index is -0.616. The van der Waals surface area contributed by atoms with Crippen LogP contribution in [0.5, 0.6) is 11.6 Å². The molecule has 22 heavy (non-hydrogen) atoms. The average Bonchev–Trinajstić information content (AvgIpc) is 2.57. The average molecular weight is 301 g/mol. The molecule has 1 heterocycles. The maximum absolute atomic E-state index is 10.2. The third-order valence-electron chi connectivity index (χ3n) is 3.78. The molecular formula is C17H23N3O2. The van der Waals surface area contributed by atoms with E-state index in [4.69, 9.17) is 4.74 Å². The number of aliphatic hydroxyl groups is 1. The zero-order chi connectivity index (χ0) is 15.8. The molecule has 0 amide bonds. The van der Waals surface area contributed by atoms with Crippen LogP contribution in [0.3, 0.4) is 0 Å². The first-order valence-electron chi connectivity index (χ1n) is 7.61. The topological polar surface area (TPSA) is 67.3 Å². The largest absolute Gasteiger partial charge is 0.438 e. The maximum Gasteiger partial charge on any atom is 0.237 e. The van der Waals surface area contributed by atoms with E-state index >= 15 is 0 Å². The number of hydrogen-bond acceptors (Lipinski definition) is 5. The van der Waals surface area contributed by atoms with Crippen molar-refractivity contribution in [2.45, 2.75) is 38.8 Å². The van der Waals surface area contributed by atoms with Gasteiger partial charge in [0.2, 0.25) is 5.88 Å². The van der Waals surface area contributed by atoms with E-state index in [0.29, 0.717) is 19.0 Å². The van der Waals surface area contributed by atoms with Gasteiger partial charge in [-0.05, 0) is 30.5 Å². The van der Waals surface area contributed by atoms with Gasteiger partial charge in [-0.3, -0.25) is 4.98 Å². The summed E-state index contributed by atoms with van der Waals surface area (Å²) >= 11 is 0. The summed E-state index contributed by atoms with van der Waals surface area (Å²) < 4.78 is 5.59. The Morgan fingerprint density at radius 2 is 1.86 bits per heavy atom. The highest BCUT2D eigenvalue weighted by molar-refractivity contribution is 5.29. The Labute approximate surface area is 131 Å². The number of aromatic nitrogens is 2. The first-order chi connectivity index (χ1) is 10.6. The van der Waals surface area contributed by atoms with Crippen LogP contribution in [0.25, 0.3) is 0 Å². The SMILES string of the molecule is CCC(O)(CC)CNCc1ccc(Oc2cnccn2)cc1. The summed E-state index contributed by atoms with van der Waals surface area (Å²) in [5.74, 6) is 1.20. The molecule has 0 spiro atoms. The third-order valence-corrected chi connectivity index (χ3v) is 3.78. The molecule has 5 nitrogen and oxygen atoms in total. The maximum atomic E-state index is 10.2. The molecule has 5 heteroatoms. The number of nitrogens with zero attached hydrogens (tertiary/aromatic N) is 2. The van der Waals surface area contributed by atoms with Gasteiger partial charge >= 0.3 is 0 Å². The van der Waals surface area contributed by atoms with E-state index in [1.807, 2.05) is 38.1 Å². The lowest BCUT2D eigenvalue weighted by atomic mass is 9.97. The van der Waals surface area contributed by atoms with Gasteiger partial charge < -0.3 is 15.2 Å². The summed E-state index contributed by atoms with van der Waals surface area (Å²) in [5.41, 5.74) is 0.524. The molecule has 0 aliphatic heterocycles. The lowest BCUT2D eigenvalue weighted by Gasteiger charge is -2.25. The molecule has 0 fully saturated rings. The van der Waals surface area contributed by atoms with Crippen LogP contribution in [-0.2, 0) is 6.54 Å². The summed E-state index contributed by atoms with van der Waals surface area (Å²) in [7, 11) is 0. The number of benzene rings is 1. The second-order valence-electron chi connectivity index (χ2n) is 5.32. The van der Waals surface area contributed by atoms with E-state index in [1.54, 1.807) is 18.6 Å². The molecule has 2 aromatic rings. The summed E-state index contributed by atoms with van der Waals surface area (Å²) in [6.07, 6.45) is 6.28. The second-order valence-corrected chi connectivity index (χ2v) is 5.32. The molecule has 118 valence electrons. The van der Waals surface area contributed by atoms with Gasteiger partial charge in [0.1, 0.15) is 5.75 Å². The Balaban J connectivity index is 1.84. The number of nitrogens with one attached hydrogen (secondary N) is 1. The van der Waals surface area contributed by atoms with Crippen LogP contribution >= 0.6 is 0 Å². The predicted molar refractivity (Wildman–Crippen MR) is 85.8 cm³/mol. The van der Waals surface area contributed by atoms with E-state index in [-0.39, 0.29) is 0 Å². The monoisotopic (exact) mass is 301 g/mol. The van der Waals surface area contributed by atoms with Crippen molar-refractivity contribution in [3.8, 4) is 11.6 Å². The Bertz CT molecular complexity index is 554. The molecule has 0 bridgehead atoms. The molecule has 1 aromatic heterocycles. The summed E-state index contributed by atoms with van der Waals surface area (Å²) in [4.78, 5) is 8.02. The van der Waals surface area contributed by atoms with E-state index < -0.39 is 5.60 Å². The van der Waals surface area contributed by atoms with Crippen molar-refractivity contribution in [2.75, 3.05) is 6.54 Å². The lowest BCUT2D eigenvalue weighted by Crippen LogP contribution is -2.39. The van der Waals surface area contributed by atoms with Gasteiger partial charge in [-0.1, -0.05) is 26.0 Å². The van der Waals surface area contributed by atoms with Crippen LogP contribution in [-0.4, -0.2) is 27.2 Å². The molecule has 0 radical (unpaired) electrons. The van der Waals surface area contributed by atoms with Crippen molar-refractivity contribution >= 4 is 0 Å². The summed E-state index contributed by atoms with van der Waals surface area (Å²) in [5, 5.41) is 13.5. The Kier molecular flexibility index (Phi) is 5.86. The summed E-state index contributed by atoms with van der Waals surface area (Å²) in [6.45, 7) is 5.32. The van der Waals surface area contributed by atoms with Gasteiger partial charge in [0, 0.05) is 25.5 Å². The Morgan fingerprint density at radius 3 is 2.45 bits per heavy atom. The normalized spacial score (nSPS) is 11.4. The quantitative estimate of drug-likeness (QED) is 0.784. The van der Waals surface area contributed by atoms with Crippen LogP contribution in [0, 0.1) is 0 Å². The highest BCUT2D eigenvalue weighted by Crippen LogP contribution is 2.19. The van der Waals surface area contributed by atoms with Gasteiger partial charge in [-0.2, -0.15) is 0 Å². The van der Waals surface area contributed by atoms with Crippen LogP contribution in [0.1, 0.15) is 32.3 Å². The molecule has 0 aliphatic carbocycles. The Hall–Kier alpha value is -1.98. The smallest absolute Gasteiger partial charge is 0.237 e. The minimum absolute atomic E-state index is 0.476. The van der Waals surface area contributed by atoms with Gasteiger partial charge in [-0.25, -0.2) is 4.98 Å². The van der Waals surface area contributed by atoms with Crippen molar-refractivity contribution in [3.05, 3.63) is 48.4 Å². The molecule has 0 saturated carbocycles. The van der Waals surface area contributed by atoms with Crippen molar-refractivity contribution in [1.29, 1.82) is 0 Å². The van der Waals surface area contributed by atoms with Crippen LogP contribution in [0.15, 0.2) is 42.9 Å². The van der Waals surface area contributed by atoms with Crippen LogP contribution in [0.4, 0.5) is 0 Å². The fraction of sp³-hybridized carbons (Fsp3) is 0.412. The van der Waals surface area contributed by atoms with E-state index in [2.05, 4.69) is 15.3 Å². The number of hydrogen-bond donors (Lipinski definition) is 2. The predicted octanol–water partition coefficient (Wildman–Crippen LogP) is 2.91. The van der Waals surface area contributed by atoms with Gasteiger partial charge in [0.25, 0.3) is 0 Å². The van der Waals surface area contributed by atoms with Crippen molar-refractivity contribution < 1.29 is 9.84 Å². The first-order valence-corrected chi connectivity index (χ1v) is 7.61.